The number of carbonyl (C=O) groups excluding carboxylic acids is 1. The first-order valence-electron chi connectivity index (χ1n) is 15.9. The smallest absolute Gasteiger partial charge is 0.343 e. The highest BCUT2D eigenvalue weighted by molar-refractivity contribution is 5.92. The molecule has 0 aliphatic heterocycles. The molecule has 12 heteroatoms. The van der Waals surface area contributed by atoms with Gasteiger partial charge in [0.25, 0.3) is 0 Å². The van der Waals surface area contributed by atoms with Gasteiger partial charge in [-0.1, -0.05) is 31.4 Å². The van der Waals surface area contributed by atoms with Crippen molar-refractivity contribution in [1.29, 1.82) is 0 Å². The van der Waals surface area contributed by atoms with E-state index in [1.54, 1.807) is 18.2 Å². The van der Waals surface area contributed by atoms with Crippen molar-refractivity contribution in [3.63, 3.8) is 0 Å². The average Bonchev–Trinajstić information content (AvgIpc) is 3.10. The third kappa shape index (κ3) is 13.5. The lowest BCUT2D eigenvalue weighted by molar-refractivity contribution is -0.114. The van der Waals surface area contributed by atoms with Gasteiger partial charge < -0.3 is 53.6 Å². The predicted octanol–water partition coefficient (Wildman–Crippen LogP) is 4.47. The van der Waals surface area contributed by atoms with Gasteiger partial charge in [0.15, 0.2) is 42.4 Å². The van der Waals surface area contributed by atoms with Gasteiger partial charge in [-0.2, -0.15) is 0 Å². The molecule has 266 valence electrons. The van der Waals surface area contributed by atoms with Gasteiger partial charge in [0.2, 0.25) is 0 Å². The number of hydrogen-bond donors (Lipinski definition) is 4. The van der Waals surface area contributed by atoms with Crippen molar-refractivity contribution >= 4 is 5.97 Å². The minimum Gasteiger partial charge on any atom is -0.490 e. The van der Waals surface area contributed by atoms with Crippen LogP contribution in [0, 0.1) is 6.92 Å². The zero-order chi connectivity index (χ0) is 35.4. The van der Waals surface area contributed by atoms with Crippen molar-refractivity contribution in [3.8, 4) is 28.7 Å². The fourth-order valence-corrected chi connectivity index (χ4v) is 4.33. The van der Waals surface area contributed by atoms with Crippen LogP contribution in [0.15, 0.2) is 79.9 Å². The molecule has 0 saturated heterocycles. The van der Waals surface area contributed by atoms with E-state index in [4.69, 9.17) is 43.4 Å². The molecular weight excluding hydrogens is 636 g/mol. The Morgan fingerprint density at radius 1 is 0.673 bits per heavy atom. The monoisotopic (exact) mass is 682 g/mol. The Labute approximate surface area is 286 Å². The Morgan fingerprint density at radius 3 is 1.86 bits per heavy atom. The number of aryl methyl sites for hydroxylation is 1. The number of esters is 1. The third-order valence-electron chi connectivity index (χ3n) is 6.85. The molecule has 0 spiro atoms. The summed E-state index contributed by atoms with van der Waals surface area (Å²) in [5.41, 5.74) is 2.90. The zero-order valence-corrected chi connectivity index (χ0v) is 27.8. The quantitative estimate of drug-likeness (QED) is 0.0345. The molecule has 0 aliphatic carbocycles. The molecule has 0 amide bonds. The van der Waals surface area contributed by atoms with E-state index in [0.717, 1.165) is 16.7 Å². The van der Waals surface area contributed by atoms with Crippen molar-refractivity contribution in [1.82, 2.24) is 0 Å². The Balaban J connectivity index is 1.69. The molecule has 4 N–H and O–H groups in total. The molecule has 3 aromatic rings. The lowest BCUT2D eigenvalue weighted by atomic mass is 10.0. The fraction of sp³-hybridized carbons (Fsp3) is 0.378. The summed E-state index contributed by atoms with van der Waals surface area (Å²) in [6.07, 6.45) is 2.19. The topological polar surface area (TPSA) is 163 Å². The summed E-state index contributed by atoms with van der Waals surface area (Å²) >= 11 is 0. The summed E-state index contributed by atoms with van der Waals surface area (Å²) in [5, 5.41) is 37.3. The molecule has 3 aromatic carbocycles. The van der Waals surface area contributed by atoms with Crippen LogP contribution >= 0.6 is 0 Å². The maximum atomic E-state index is 13.2. The molecular formula is C37H46O12. The molecule has 3 rings (SSSR count). The predicted molar refractivity (Wildman–Crippen MR) is 181 cm³/mol. The second-order valence-electron chi connectivity index (χ2n) is 10.7. The van der Waals surface area contributed by atoms with Crippen LogP contribution in [0.4, 0.5) is 0 Å². The highest BCUT2D eigenvalue weighted by Gasteiger charge is 2.16. The highest BCUT2D eigenvalue weighted by Crippen LogP contribution is 2.32. The SMILES string of the molecule is C=CC(O)OCCCOc1ccc(C(=O)Oc2ccc(Cc3ccc(OCCCO)c(OCCCO)c3)cc2C)cc1OCOC(O)C=C. The van der Waals surface area contributed by atoms with Crippen LogP contribution in [-0.2, 0) is 15.9 Å². The minimum atomic E-state index is -1.24. The summed E-state index contributed by atoms with van der Waals surface area (Å²) in [4.78, 5) is 13.2. The molecule has 0 saturated carbocycles. The number of benzene rings is 3. The van der Waals surface area contributed by atoms with E-state index in [1.165, 1.54) is 18.2 Å². The van der Waals surface area contributed by atoms with Crippen LogP contribution in [0.25, 0.3) is 0 Å². The summed E-state index contributed by atoms with van der Waals surface area (Å²) in [5.74, 6) is 1.41. The maximum absolute atomic E-state index is 13.2. The van der Waals surface area contributed by atoms with Crippen molar-refractivity contribution in [3.05, 3.63) is 102 Å². The van der Waals surface area contributed by atoms with Gasteiger partial charge in [0.05, 0.1) is 32.0 Å². The number of aliphatic hydroxyl groups excluding tert-OH is 4. The first-order chi connectivity index (χ1) is 23.8. The molecule has 49 heavy (non-hydrogen) atoms. The standard InChI is InChI=1S/C37H46O12/c1-4-35(40)46-20-8-19-44-32-14-11-29(24-34(32)47-25-48-36(41)5-2)37(42)49-30-12-9-27(21-26(30)3)22-28-10-13-31(43-17-6-15-38)33(23-28)45-18-7-16-39/h4-5,9-14,21,23-24,35-36,38-41H,1-2,6-8,15-20,22,25H2,3H3. The van der Waals surface area contributed by atoms with Crippen LogP contribution < -0.4 is 23.7 Å². The van der Waals surface area contributed by atoms with Crippen LogP contribution in [0.5, 0.6) is 28.7 Å². The molecule has 0 aliphatic rings. The van der Waals surface area contributed by atoms with E-state index >= 15 is 0 Å². The molecule has 0 aromatic heterocycles. The van der Waals surface area contributed by atoms with Gasteiger partial charge in [-0.25, -0.2) is 4.79 Å². The van der Waals surface area contributed by atoms with Gasteiger partial charge in [0.1, 0.15) is 5.75 Å². The van der Waals surface area contributed by atoms with E-state index in [9.17, 15) is 15.0 Å². The van der Waals surface area contributed by atoms with Crippen molar-refractivity contribution in [2.24, 2.45) is 0 Å². The first kappa shape index (κ1) is 39.0. The van der Waals surface area contributed by atoms with Gasteiger partial charge >= 0.3 is 5.97 Å². The van der Waals surface area contributed by atoms with E-state index in [2.05, 4.69) is 13.2 Å². The third-order valence-corrected chi connectivity index (χ3v) is 6.85. The van der Waals surface area contributed by atoms with Gasteiger partial charge in [-0.05, 0) is 78.6 Å². The molecule has 0 radical (unpaired) electrons. The molecule has 2 unspecified atom stereocenters. The number of aliphatic hydroxyl groups is 4. The normalized spacial score (nSPS) is 12.1. The second-order valence-corrected chi connectivity index (χ2v) is 10.7. The second kappa shape index (κ2) is 21.5. The Morgan fingerprint density at radius 2 is 1.22 bits per heavy atom. The minimum absolute atomic E-state index is 0.0154. The van der Waals surface area contributed by atoms with Gasteiger partial charge in [-0.15, -0.1) is 0 Å². The first-order valence-corrected chi connectivity index (χ1v) is 15.9. The molecule has 0 fully saturated rings. The lowest BCUT2D eigenvalue weighted by Crippen LogP contribution is -2.15. The molecule has 0 heterocycles. The van der Waals surface area contributed by atoms with Crippen molar-refractivity contribution in [2.45, 2.75) is 45.2 Å². The Kier molecular flexibility index (Phi) is 17.1. The van der Waals surface area contributed by atoms with E-state index in [1.807, 2.05) is 37.3 Å². The number of carbonyl (C=O) groups is 1. The van der Waals surface area contributed by atoms with Crippen molar-refractivity contribution < 1.29 is 58.4 Å². The van der Waals surface area contributed by atoms with E-state index in [0.29, 0.717) is 61.9 Å². The molecule has 12 nitrogen and oxygen atoms in total. The Hall–Kier alpha value is -4.43. The summed E-state index contributed by atoms with van der Waals surface area (Å²) in [6, 6.07) is 15.8. The lowest BCUT2D eigenvalue weighted by Gasteiger charge is -2.16. The maximum Gasteiger partial charge on any atom is 0.343 e. The van der Waals surface area contributed by atoms with Gasteiger partial charge in [0, 0.05) is 32.5 Å². The zero-order valence-electron chi connectivity index (χ0n) is 27.8. The number of ether oxygens (including phenoxy) is 7. The van der Waals surface area contributed by atoms with Crippen LogP contribution in [0.2, 0.25) is 0 Å². The summed E-state index contributed by atoms with van der Waals surface area (Å²) < 4.78 is 39.0. The number of rotatable bonds is 24. The van der Waals surface area contributed by atoms with Crippen LogP contribution in [0.3, 0.4) is 0 Å². The van der Waals surface area contributed by atoms with E-state index < -0.39 is 18.5 Å². The Bertz CT molecular complexity index is 1470. The van der Waals surface area contributed by atoms with Crippen molar-refractivity contribution in [2.75, 3.05) is 46.4 Å². The fourth-order valence-electron chi connectivity index (χ4n) is 4.33. The number of hydrogen-bond acceptors (Lipinski definition) is 12. The summed E-state index contributed by atoms with van der Waals surface area (Å²) in [7, 11) is 0. The van der Waals surface area contributed by atoms with Crippen LogP contribution in [0.1, 0.15) is 46.3 Å². The largest absolute Gasteiger partial charge is 0.490 e. The highest BCUT2D eigenvalue weighted by atomic mass is 16.7. The van der Waals surface area contributed by atoms with Crippen LogP contribution in [-0.4, -0.2) is 85.4 Å². The molecule has 0 bridgehead atoms. The molecule has 2 atom stereocenters. The van der Waals surface area contributed by atoms with E-state index in [-0.39, 0.29) is 44.5 Å². The van der Waals surface area contributed by atoms with Gasteiger partial charge in [-0.3, -0.25) is 0 Å². The summed E-state index contributed by atoms with van der Waals surface area (Å²) in [6.45, 7) is 9.59. The average molecular weight is 683 g/mol.